The maximum absolute atomic E-state index is 12.2. The van der Waals surface area contributed by atoms with Gasteiger partial charge < -0.3 is 30.3 Å². The molecule has 0 spiro atoms. The number of hydrogen-bond acceptors (Lipinski definition) is 7. The van der Waals surface area contributed by atoms with Crippen molar-refractivity contribution in [2.24, 2.45) is 16.7 Å². The molecule has 7 heteroatoms. The first-order valence-electron chi connectivity index (χ1n) is 11.2. The average molecular weight is 425 g/mol. The number of hydrogen-bond donors (Lipinski definition) is 5. The van der Waals surface area contributed by atoms with E-state index in [1.807, 2.05) is 6.08 Å². The summed E-state index contributed by atoms with van der Waals surface area (Å²) in [6, 6.07) is 0. The molecule has 0 saturated heterocycles. The second-order valence-corrected chi connectivity index (χ2v) is 10.7. The minimum absolute atomic E-state index is 0.0937. The fourth-order valence-corrected chi connectivity index (χ4v) is 7.71. The van der Waals surface area contributed by atoms with Crippen LogP contribution in [0, 0.1) is 16.7 Å². The largest absolute Gasteiger partial charge is 0.462 e. The van der Waals surface area contributed by atoms with Crippen LogP contribution in [0.4, 0.5) is 0 Å². The zero-order valence-corrected chi connectivity index (χ0v) is 18.4. The summed E-state index contributed by atoms with van der Waals surface area (Å²) in [5.74, 6) is -0.930. The van der Waals surface area contributed by atoms with Crippen LogP contribution in [0.3, 0.4) is 0 Å². The number of rotatable bonds is 2. The van der Waals surface area contributed by atoms with Gasteiger partial charge in [-0.05, 0) is 57.3 Å². The van der Waals surface area contributed by atoms with Crippen LogP contribution in [0.5, 0.6) is 0 Å². The maximum Gasteiger partial charge on any atom is 0.302 e. The highest BCUT2D eigenvalue weighted by Gasteiger charge is 2.81. The number of carbonyl (C=O) groups excluding carboxylic acids is 1. The third-order valence-electron chi connectivity index (χ3n) is 9.63. The number of fused-ring (bicyclic) bond motifs is 5. The van der Waals surface area contributed by atoms with Crippen molar-refractivity contribution in [2.45, 2.75) is 108 Å². The molecule has 2 unspecified atom stereocenters. The van der Waals surface area contributed by atoms with E-state index in [0.717, 1.165) is 5.57 Å². The highest BCUT2D eigenvalue weighted by Crippen LogP contribution is 2.71. The van der Waals surface area contributed by atoms with Crippen LogP contribution in [-0.2, 0) is 9.53 Å². The van der Waals surface area contributed by atoms with Crippen molar-refractivity contribution in [3.63, 3.8) is 0 Å². The second-order valence-electron chi connectivity index (χ2n) is 10.7. The quantitative estimate of drug-likeness (QED) is 0.333. The molecular weight excluding hydrogens is 388 g/mol. The Hall–Kier alpha value is -0.990. The molecule has 0 aromatic rings. The Balaban J connectivity index is 1.90. The predicted molar refractivity (Wildman–Crippen MR) is 108 cm³/mol. The van der Waals surface area contributed by atoms with Gasteiger partial charge in [0, 0.05) is 12.8 Å². The molecule has 0 aromatic heterocycles. The Bertz CT molecular complexity index is 780. The van der Waals surface area contributed by atoms with Gasteiger partial charge in [0.1, 0.15) is 22.9 Å². The van der Waals surface area contributed by atoms with Crippen molar-refractivity contribution in [2.75, 3.05) is 0 Å². The number of carbonyl (C=O) groups is 1. The van der Waals surface area contributed by atoms with E-state index in [1.54, 1.807) is 6.92 Å². The lowest BCUT2D eigenvalue weighted by Gasteiger charge is -2.67. The van der Waals surface area contributed by atoms with Gasteiger partial charge in [-0.1, -0.05) is 25.5 Å². The monoisotopic (exact) mass is 424 g/mol. The van der Waals surface area contributed by atoms with Crippen molar-refractivity contribution in [1.29, 1.82) is 0 Å². The molecule has 0 bridgehead atoms. The minimum atomic E-state index is -1.75. The number of ether oxygens (including phenoxy) is 1. The van der Waals surface area contributed by atoms with Crippen molar-refractivity contribution in [3.8, 4) is 0 Å². The molecule has 4 aliphatic carbocycles. The van der Waals surface area contributed by atoms with Crippen LogP contribution < -0.4 is 0 Å². The molecule has 0 aliphatic heterocycles. The van der Waals surface area contributed by atoms with Crippen LogP contribution in [0.1, 0.15) is 72.6 Å². The summed E-state index contributed by atoms with van der Waals surface area (Å²) in [6.07, 6.45) is 1.95. The van der Waals surface area contributed by atoms with E-state index in [4.69, 9.17) is 4.74 Å². The molecule has 4 aliphatic rings. The van der Waals surface area contributed by atoms with E-state index >= 15 is 0 Å². The van der Waals surface area contributed by atoms with Crippen LogP contribution in [-0.4, -0.2) is 66.6 Å². The second kappa shape index (κ2) is 6.51. The van der Waals surface area contributed by atoms with Crippen molar-refractivity contribution in [3.05, 3.63) is 11.6 Å². The number of esters is 1. The molecule has 5 N–H and O–H groups in total. The Kier molecular flexibility index (Phi) is 4.82. The molecule has 30 heavy (non-hydrogen) atoms. The lowest BCUT2D eigenvalue weighted by atomic mass is 9.42. The summed E-state index contributed by atoms with van der Waals surface area (Å²) in [6.45, 7) is 6.47. The Morgan fingerprint density at radius 3 is 2.47 bits per heavy atom. The topological polar surface area (TPSA) is 127 Å². The molecule has 3 fully saturated rings. The SMILES string of the molecule is CC(=O)OC1C[C@@H]2[C@@]3(C)CC[C@H](O)CC3=CC[C@@]2(O)[C@@]2(O)CC[C@](O)(C(C)O)[C@@]12C. The number of aliphatic hydroxyl groups excluding tert-OH is 2. The van der Waals surface area contributed by atoms with Crippen molar-refractivity contribution in [1.82, 2.24) is 0 Å². The molecule has 0 heterocycles. The van der Waals surface area contributed by atoms with Crippen LogP contribution in [0.25, 0.3) is 0 Å². The van der Waals surface area contributed by atoms with E-state index in [2.05, 4.69) is 6.92 Å². The fourth-order valence-electron chi connectivity index (χ4n) is 7.71. The van der Waals surface area contributed by atoms with Gasteiger partial charge in [0.15, 0.2) is 0 Å². The van der Waals surface area contributed by atoms with Crippen molar-refractivity contribution < 1.29 is 35.1 Å². The van der Waals surface area contributed by atoms with Crippen LogP contribution >= 0.6 is 0 Å². The zero-order chi connectivity index (χ0) is 22.3. The first-order valence-corrected chi connectivity index (χ1v) is 11.2. The minimum Gasteiger partial charge on any atom is -0.462 e. The molecule has 3 saturated carbocycles. The maximum atomic E-state index is 12.2. The van der Waals surface area contributed by atoms with E-state index in [1.165, 1.54) is 13.8 Å². The summed E-state index contributed by atoms with van der Waals surface area (Å²) in [7, 11) is 0. The summed E-state index contributed by atoms with van der Waals surface area (Å²) in [5, 5.41) is 56.5. The summed E-state index contributed by atoms with van der Waals surface area (Å²) < 4.78 is 5.71. The third-order valence-corrected chi connectivity index (χ3v) is 9.63. The van der Waals surface area contributed by atoms with Gasteiger partial charge in [0.05, 0.1) is 17.6 Å². The molecule has 0 radical (unpaired) electrons. The predicted octanol–water partition coefficient (Wildman–Crippen LogP) is 1.19. The molecular formula is C23H36O7. The first kappa shape index (κ1) is 22.2. The van der Waals surface area contributed by atoms with E-state index < -0.39 is 57.8 Å². The molecule has 9 atom stereocenters. The normalized spacial score (nSPS) is 53.8. The Morgan fingerprint density at radius 2 is 1.87 bits per heavy atom. The molecule has 4 rings (SSSR count). The zero-order valence-electron chi connectivity index (χ0n) is 18.4. The number of aliphatic hydroxyl groups is 5. The Labute approximate surface area is 177 Å². The van der Waals surface area contributed by atoms with Gasteiger partial charge in [-0.2, -0.15) is 0 Å². The van der Waals surface area contributed by atoms with Gasteiger partial charge in [-0.15, -0.1) is 0 Å². The highest BCUT2D eigenvalue weighted by atomic mass is 16.5. The summed E-state index contributed by atoms with van der Waals surface area (Å²) >= 11 is 0. The van der Waals surface area contributed by atoms with Crippen molar-refractivity contribution >= 4 is 5.97 Å². The summed E-state index contributed by atoms with van der Waals surface area (Å²) in [4.78, 5) is 12.0. The van der Waals surface area contributed by atoms with Gasteiger partial charge in [-0.3, -0.25) is 4.79 Å². The van der Waals surface area contributed by atoms with Crippen LogP contribution in [0.15, 0.2) is 11.6 Å². The van der Waals surface area contributed by atoms with Gasteiger partial charge in [-0.25, -0.2) is 0 Å². The third kappa shape index (κ3) is 2.41. The van der Waals surface area contributed by atoms with Gasteiger partial charge in [0.2, 0.25) is 0 Å². The molecule has 0 amide bonds. The first-order chi connectivity index (χ1) is 13.8. The lowest BCUT2D eigenvalue weighted by Crippen LogP contribution is -2.78. The van der Waals surface area contributed by atoms with E-state index in [0.29, 0.717) is 19.3 Å². The van der Waals surface area contributed by atoms with E-state index in [-0.39, 0.29) is 25.7 Å². The van der Waals surface area contributed by atoms with Gasteiger partial charge in [0.25, 0.3) is 0 Å². The molecule has 170 valence electrons. The lowest BCUT2D eigenvalue weighted by molar-refractivity contribution is -0.326. The average Bonchev–Trinajstić information content (AvgIpc) is 2.88. The molecule has 0 aromatic carbocycles. The standard InChI is InChI=1S/C23H36O7/c1-13(24)21(27)9-10-23(29)20(21,4)18(30-14(2)25)12-17-19(3)7-6-16(26)11-15(19)5-8-22(17,23)28/h5,13,16-18,24,26-29H,6-12H2,1-4H3/t13?,16-,17+,18?,19-,20+,21-,22-,23+/m0/s1. The summed E-state index contributed by atoms with van der Waals surface area (Å²) in [5.41, 5.74) is -5.83. The van der Waals surface area contributed by atoms with Gasteiger partial charge >= 0.3 is 5.97 Å². The fraction of sp³-hybridized carbons (Fsp3) is 0.870. The Morgan fingerprint density at radius 1 is 1.20 bits per heavy atom. The highest BCUT2D eigenvalue weighted by molar-refractivity contribution is 5.66. The van der Waals surface area contributed by atoms with Crippen LogP contribution in [0.2, 0.25) is 0 Å². The molecule has 7 nitrogen and oxygen atoms in total. The smallest absolute Gasteiger partial charge is 0.302 e. The van der Waals surface area contributed by atoms with E-state index in [9.17, 15) is 30.3 Å².